The maximum Gasteiger partial charge on any atom is 0.253 e. The van der Waals surface area contributed by atoms with Crippen molar-refractivity contribution in [2.75, 3.05) is 27.8 Å². The zero-order valence-corrected chi connectivity index (χ0v) is 17.0. The number of carbonyl (C=O) groups is 1. The predicted octanol–water partition coefficient (Wildman–Crippen LogP) is 5.02. The number of carbonyl (C=O) groups excluding carboxylic acids is 1. The predicted molar refractivity (Wildman–Crippen MR) is 117 cm³/mol. The Morgan fingerprint density at radius 2 is 1.34 bits per heavy atom. The number of ether oxygens (including phenoxy) is 2. The summed E-state index contributed by atoms with van der Waals surface area (Å²) in [5.74, 6) is 1.59. The first-order valence-corrected chi connectivity index (χ1v) is 9.40. The van der Waals surface area contributed by atoms with E-state index in [0.29, 0.717) is 12.1 Å². The lowest BCUT2D eigenvalue weighted by Gasteiger charge is -2.20. The topological polar surface area (TPSA) is 38.8 Å². The number of hydrogen-bond donors (Lipinski definition) is 0. The highest BCUT2D eigenvalue weighted by atomic mass is 16.5. The van der Waals surface area contributed by atoms with Crippen LogP contribution in [0.2, 0.25) is 0 Å². The van der Waals surface area contributed by atoms with Gasteiger partial charge in [0.15, 0.2) is 0 Å². The molecule has 3 rings (SSSR count). The van der Waals surface area contributed by atoms with Gasteiger partial charge < -0.3 is 14.4 Å². The maximum atomic E-state index is 12.8. The van der Waals surface area contributed by atoms with Crippen molar-refractivity contribution in [3.05, 3.63) is 95.6 Å². The van der Waals surface area contributed by atoms with Crippen LogP contribution in [0.15, 0.2) is 78.9 Å². The third kappa shape index (κ3) is 5.26. The Morgan fingerprint density at radius 3 is 1.90 bits per heavy atom. The van der Waals surface area contributed by atoms with Crippen molar-refractivity contribution >= 4 is 17.6 Å². The quantitative estimate of drug-likeness (QED) is 0.535. The van der Waals surface area contributed by atoms with Crippen LogP contribution in [-0.2, 0) is 0 Å². The molecule has 0 fully saturated rings. The van der Waals surface area contributed by atoms with E-state index in [-0.39, 0.29) is 5.91 Å². The molecule has 0 heterocycles. The van der Waals surface area contributed by atoms with E-state index in [9.17, 15) is 4.79 Å². The number of nitrogens with zero attached hydrogens (tertiary/aromatic N) is 1. The zero-order chi connectivity index (χ0) is 20.6. The molecule has 148 valence electrons. The molecule has 0 atom stereocenters. The molecular weight excluding hydrogens is 362 g/mol. The first kappa shape index (κ1) is 20.2. The fourth-order valence-electron chi connectivity index (χ4n) is 3.06. The average Bonchev–Trinajstić information content (AvgIpc) is 2.79. The van der Waals surface area contributed by atoms with Gasteiger partial charge in [-0.25, -0.2) is 0 Å². The summed E-state index contributed by atoms with van der Waals surface area (Å²) in [6.45, 7) is 0.478. The van der Waals surface area contributed by atoms with Crippen LogP contribution in [0.5, 0.6) is 11.5 Å². The molecule has 0 spiro atoms. The van der Waals surface area contributed by atoms with Crippen molar-refractivity contribution in [2.45, 2.75) is 0 Å². The van der Waals surface area contributed by atoms with E-state index in [1.54, 1.807) is 19.1 Å². The third-order valence-corrected chi connectivity index (χ3v) is 4.69. The zero-order valence-electron chi connectivity index (χ0n) is 17.0. The highest BCUT2D eigenvalue weighted by molar-refractivity contribution is 5.95. The summed E-state index contributed by atoms with van der Waals surface area (Å²) in [7, 11) is 5.12. The average molecular weight is 387 g/mol. The molecule has 0 N–H and O–H groups in total. The van der Waals surface area contributed by atoms with Gasteiger partial charge in [0.1, 0.15) is 11.5 Å². The summed E-state index contributed by atoms with van der Waals surface area (Å²) < 4.78 is 10.5. The monoisotopic (exact) mass is 387 g/mol. The summed E-state index contributed by atoms with van der Waals surface area (Å²) in [5.41, 5.74) is 3.78. The number of hydrogen-bond acceptors (Lipinski definition) is 3. The first-order valence-electron chi connectivity index (χ1n) is 9.40. The Bertz CT molecular complexity index is 961. The van der Waals surface area contributed by atoms with E-state index in [2.05, 4.69) is 6.08 Å². The Morgan fingerprint density at radius 1 is 0.793 bits per heavy atom. The molecule has 1 amide bonds. The second-order valence-corrected chi connectivity index (χ2v) is 6.70. The second kappa shape index (κ2) is 9.60. The Labute approximate surface area is 172 Å². The van der Waals surface area contributed by atoms with Crippen LogP contribution in [-0.4, -0.2) is 38.6 Å². The summed E-state index contributed by atoms with van der Waals surface area (Å²) in [5, 5.41) is 0. The molecule has 4 nitrogen and oxygen atoms in total. The fourth-order valence-corrected chi connectivity index (χ4v) is 3.06. The van der Waals surface area contributed by atoms with Crippen LogP contribution in [0.1, 0.15) is 21.5 Å². The molecule has 3 aromatic carbocycles. The fraction of sp³-hybridized carbons (Fsp3) is 0.160. The van der Waals surface area contributed by atoms with Gasteiger partial charge in [0.2, 0.25) is 0 Å². The standard InChI is InChI=1S/C25H25NO3/c1-26(25(27)21-7-5-4-6-8-21)18-22(20-11-15-24(29-3)16-12-20)17-19-9-13-23(28-2)14-10-19/h4-17H,18H2,1-3H3/b22-17-. The summed E-state index contributed by atoms with van der Waals surface area (Å²) in [4.78, 5) is 14.5. The molecule has 0 aromatic heterocycles. The van der Waals surface area contributed by atoms with Crippen LogP contribution in [0, 0.1) is 0 Å². The van der Waals surface area contributed by atoms with E-state index in [4.69, 9.17) is 9.47 Å². The highest BCUT2D eigenvalue weighted by Crippen LogP contribution is 2.23. The van der Waals surface area contributed by atoms with Crippen molar-refractivity contribution in [2.24, 2.45) is 0 Å². The molecule has 0 aliphatic heterocycles. The second-order valence-electron chi connectivity index (χ2n) is 6.70. The molecule has 0 saturated carbocycles. The molecule has 0 saturated heterocycles. The van der Waals surface area contributed by atoms with Crippen molar-refractivity contribution in [1.29, 1.82) is 0 Å². The Balaban J connectivity index is 1.90. The molecule has 3 aromatic rings. The molecule has 0 aliphatic carbocycles. The minimum absolute atomic E-state index is 0.0141. The van der Waals surface area contributed by atoms with E-state index < -0.39 is 0 Å². The number of benzene rings is 3. The van der Waals surface area contributed by atoms with Crippen molar-refractivity contribution < 1.29 is 14.3 Å². The van der Waals surface area contributed by atoms with Gasteiger partial charge in [0.25, 0.3) is 5.91 Å². The number of likely N-dealkylation sites (N-methyl/N-ethyl adjacent to an activating group) is 1. The summed E-state index contributed by atoms with van der Waals surface area (Å²) >= 11 is 0. The normalized spacial score (nSPS) is 11.1. The van der Waals surface area contributed by atoms with E-state index in [1.165, 1.54) is 0 Å². The van der Waals surface area contributed by atoms with Gasteiger partial charge in [-0.05, 0) is 59.2 Å². The molecule has 4 heteroatoms. The molecular formula is C25H25NO3. The number of amides is 1. The van der Waals surface area contributed by atoms with Gasteiger partial charge in [-0.15, -0.1) is 0 Å². The van der Waals surface area contributed by atoms with Crippen molar-refractivity contribution in [3.63, 3.8) is 0 Å². The first-order chi connectivity index (χ1) is 14.1. The SMILES string of the molecule is COc1ccc(/C=C(/CN(C)C(=O)c2ccccc2)c2ccc(OC)cc2)cc1. The number of rotatable bonds is 7. The van der Waals surface area contributed by atoms with Crippen LogP contribution in [0.4, 0.5) is 0 Å². The smallest absolute Gasteiger partial charge is 0.253 e. The van der Waals surface area contributed by atoms with Crippen molar-refractivity contribution in [3.8, 4) is 11.5 Å². The van der Waals surface area contributed by atoms with Gasteiger partial charge in [0.05, 0.1) is 14.2 Å². The lowest BCUT2D eigenvalue weighted by molar-refractivity contribution is 0.0812. The van der Waals surface area contributed by atoms with Gasteiger partial charge in [-0.1, -0.05) is 42.5 Å². The summed E-state index contributed by atoms with van der Waals surface area (Å²) in [6.07, 6.45) is 2.09. The third-order valence-electron chi connectivity index (χ3n) is 4.69. The van der Waals surface area contributed by atoms with E-state index in [1.807, 2.05) is 85.9 Å². The molecule has 0 bridgehead atoms. The van der Waals surface area contributed by atoms with Gasteiger partial charge in [-0.2, -0.15) is 0 Å². The lowest BCUT2D eigenvalue weighted by Crippen LogP contribution is -2.28. The van der Waals surface area contributed by atoms with Crippen LogP contribution >= 0.6 is 0 Å². The number of methoxy groups -OCH3 is 2. The highest BCUT2D eigenvalue weighted by Gasteiger charge is 2.14. The largest absolute Gasteiger partial charge is 0.497 e. The van der Waals surface area contributed by atoms with Crippen LogP contribution in [0.25, 0.3) is 11.6 Å². The minimum Gasteiger partial charge on any atom is -0.497 e. The van der Waals surface area contributed by atoms with E-state index in [0.717, 1.165) is 28.2 Å². The van der Waals surface area contributed by atoms with Gasteiger partial charge in [0, 0.05) is 19.2 Å². The van der Waals surface area contributed by atoms with Gasteiger partial charge in [-0.3, -0.25) is 4.79 Å². The van der Waals surface area contributed by atoms with E-state index >= 15 is 0 Å². The molecule has 0 radical (unpaired) electrons. The maximum absolute atomic E-state index is 12.8. The Hall–Kier alpha value is -3.53. The Kier molecular flexibility index (Phi) is 6.69. The minimum atomic E-state index is -0.0141. The van der Waals surface area contributed by atoms with Crippen LogP contribution in [0.3, 0.4) is 0 Å². The molecule has 29 heavy (non-hydrogen) atoms. The molecule has 0 aliphatic rings. The molecule has 0 unspecified atom stereocenters. The van der Waals surface area contributed by atoms with Crippen LogP contribution < -0.4 is 9.47 Å². The lowest BCUT2D eigenvalue weighted by atomic mass is 10.0. The van der Waals surface area contributed by atoms with Crippen molar-refractivity contribution in [1.82, 2.24) is 4.90 Å². The van der Waals surface area contributed by atoms with Gasteiger partial charge >= 0.3 is 0 Å². The summed E-state index contributed by atoms with van der Waals surface area (Å²) in [6, 6.07) is 25.0.